The van der Waals surface area contributed by atoms with Crippen molar-refractivity contribution in [2.45, 2.75) is 13.1 Å². The van der Waals surface area contributed by atoms with Gasteiger partial charge in [-0.15, -0.1) is 0 Å². The van der Waals surface area contributed by atoms with Gasteiger partial charge in [0.05, 0.1) is 24.7 Å². The zero-order chi connectivity index (χ0) is 17.5. The topological polar surface area (TPSA) is 42.8 Å². The monoisotopic (exact) mass is 351 g/mol. The second-order valence-corrected chi connectivity index (χ2v) is 6.01. The van der Waals surface area contributed by atoms with Crippen LogP contribution in [0.5, 0.6) is 5.75 Å². The van der Waals surface area contributed by atoms with Crippen molar-refractivity contribution in [2.24, 2.45) is 0 Å². The molecule has 0 saturated carbocycles. The number of hydrogen-bond donors (Lipinski definition) is 2. The average molecular weight is 352 g/mol. The number of hydrogen-bond acceptors (Lipinski definition) is 2. The molecule has 1 amide bonds. The largest absolute Gasteiger partial charge is 0.496 e. The molecule has 0 aromatic heterocycles. The van der Waals surface area contributed by atoms with E-state index in [1.165, 1.54) is 6.07 Å². The first-order valence-corrected chi connectivity index (χ1v) is 8.02. The Morgan fingerprint density at radius 1 is 1.25 bits per heavy atom. The lowest BCUT2D eigenvalue weighted by molar-refractivity contribution is -0.885. The van der Waals surface area contributed by atoms with Gasteiger partial charge in [0.25, 0.3) is 5.91 Å². The van der Waals surface area contributed by atoms with Gasteiger partial charge < -0.3 is 15.0 Å². The Balaban J connectivity index is 1.88. The number of nitrogens with one attached hydrogen (secondary N) is 2. The van der Waals surface area contributed by atoms with E-state index in [1.807, 2.05) is 31.3 Å². The van der Waals surface area contributed by atoms with Gasteiger partial charge >= 0.3 is 0 Å². The van der Waals surface area contributed by atoms with Crippen molar-refractivity contribution in [3.8, 4) is 5.75 Å². The number of para-hydroxylation sites is 1. The minimum atomic E-state index is -0.351. The molecular formula is C18H21ClFN2O2+. The Hall–Kier alpha value is -2.11. The number of methoxy groups -OCH3 is 1. The number of likely N-dealkylation sites (N-methyl/N-ethyl adjacent to an activating group) is 1. The SMILES string of the molecule is COc1ccccc1CNC(=O)C[NH+](C)Cc1c(F)cccc1Cl. The molecule has 128 valence electrons. The fourth-order valence-corrected chi connectivity index (χ4v) is 2.67. The third-order valence-corrected chi connectivity index (χ3v) is 4.03. The molecule has 1 unspecified atom stereocenters. The second-order valence-electron chi connectivity index (χ2n) is 5.60. The van der Waals surface area contributed by atoms with Crippen LogP contribution in [-0.4, -0.2) is 26.6 Å². The van der Waals surface area contributed by atoms with E-state index in [2.05, 4.69) is 5.32 Å². The molecule has 24 heavy (non-hydrogen) atoms. The van der Waals surface area contributed by atoms with E-state index in [9.17, 15) is 9.18 Å². The number of quaternary nitrogens is 1. The molecule has 4 nitrogen and oxygen atoms in total. The third kappa shape index (κ3) is 4.94. The molecular weight excluding hydrogens is 331 g/mol. The summed E-state index contributed by atoms with van der Waals surface area (Å²) in [5.41, 5.74) is 1.33. The van der Waals surface area contributed by atoms with Gasteiger partial charge in [-0.1, -0.05) is 35.9 Å². The summed E-state index contributed by atoms with van der Waals surface area (Å²) in [6.45, 7) is 0.948. The molecule has 2 rings (SSSR count). The van der Waals surface area contributed by atoms with Gasteiger partial charge in [0.1, 0.15) is 18.1 Å². The first-order valence-electron chi connectivity index (χ1n) is 7.64. The Kier molecular flexibility index (Phi) is 6.58. The average Bonchev–Trinajstić information content (AvgIpc) is 2.56. The Morgan fingerprint density at radius 3 is 2.71 bits per heavy atom. The van der Waals surface area contributed by atoms with Crippen molar-refractivity contribution in [1.29, 1.82) is 0 Å². The predicted molar refractivity (Wildman–Crippen MR) is 91.7 cm³/mol. The highest BCUT2D eigenvalue weighted by Crippen LogP contribution is 2.18. The lowest BCUT2D eigenvalue weighted by Gasteiger charge is -2.15. The Bertz CT molecular complexity index is 689. The summed E-state index contributed by atoms with van der Waals surface area (Å²) in [5, 5.41) is 3.23. The maximum atomic E-state index is 13.8. The van der Waals surface area contributed by atoms with E-state index in [-0.39, 0.29) is 18.3 Å². The van der Waals surface area contributed by atoms with Gasteiger partial charge in [0.15, 0.2) is 6.54 Å². The molecule has 2 N–H and O–H groups in total. The van der Waals surface area contributed by atoms with Gasteiger partial charge in [-0.2, -0.15) is 0 Å². The molecule has 0 spiro atoms. The van der Waals surface area contributed by atoms with Crippen LogP contribution in [-0.2, 0) is 17.9 Å². The fraction of sp³-hybridized carbons (Fsp3) is 0.278. The Morgan fingerprint density at radius 2 is 2.00 bits per heavy atom. The molecule has 2 aromatic rings. The van der Waals surface area contributed by atoms with Crippen LogP contribution in [0.25, 0.3) is 0 Å². The number of benzene rings is 2. The zero-order valence-corrected chi connectivity index (χ0v) is 14.5. The molecule has 0 saturated heterocycles. The lowest BCUT2D eigenvalue weighted by atomic mass is 10.2. The van der Waals surface area contributed by atoms with Crippen LogP contribution >= 0.6 is 11.6 Å². The molecule has 0 bridgehead atoms. The predicted octanol–water partition coefficient (Wildman–Crippen LogP) is 1.82. The number of rotatable bonds is 7. The maximum Gasteiger partial charge on any atom is 0.275 e. The van der Waals surface area contributed by atoms with Crippen molar-refractivity contribution in [3.05, 3.63) is 64.4 Å². The first kappa shape index (κ1) is 18.2. The number of carbonyl (C=O) groups excluding carboxylic acids is 1. The van der Waals surface area contributed by atoms with Gasteiger partial charge in [0, 0.05) is 12.1 Å². The summed E-state index contributed by atoms with van der Waals surface area (Å²) in [7, 11) is 3.42. The van der Waals surface area contributed by atoms with Gasteiger partial charge in [-0.05, 0) is 18.2 Å². The summed E-state index contributed by atoms with van der Waals surface area (Å²) in [4.78, 5) is 12.9. The van der Waals surface area contributed by atoms with Crippen LogP contribution in [0, 0.1) is 5.82 Å². The van der Waals surface area contributed by atoms with Crippen molar-refractivity contribution in [3.63, 3.8) is 0 Å². The zero-order valence-electron chi connectivity index (χ0n) is 13.7. The van der Waals surface area contributed by atoms with Crippen LogP contribution in [0.4, 0.5) is 4.39 Å². The minimum Gasteiger partial charge on any atom is -0.496 e. The minimum absolute atomic E-state index is 0.120. The molecule has 0 aliphatic carbocycles. The van der Waals surface area contributed by atoms with Gasteiger partial charge in [-0.3, -0.25) is 4.79 Å². The highest BCUT2D eigenvalue weighted by atomic mass is 35.5. The molecule has 2 aromatic carbocycles. The first-order chi connectivity index (χ1) is 11.5. The van der Waals surface area contributed by atoms with Crippen molar-refractivity contribution < 1.29 is 18.8 Å². The van der Waals surface area contributed by atoms with E-state index in [0.717, 1.165) is 16.2 Å². The standard InChI is InChI=1S/C18H20ClFN2O2/c1-22(11-14-15(19)7-5-8-16(14)20)12-18(23)21-10-13-6-3-4-9-17(13)24-2/h3-9H,10-12H2,1-2H3,(H,21,23)/p+1. The quantitative estimate of drug-likeness (QED) is 0.799. The van der Waals surface area contributed by atoms with Crippen LogP contribution < -0.4 is 15.0 Å². The smallest absolute Gasteiger partial charge is 0.275 e. The summed E-state index contributed by atoms with van der Waals surface area (Å²) >= 11 is 6.02. The van der Waals surface area contributed by atoms with Crippen LogP contribution in [0.15, 0.2) is 42.5 Å². The molecule has 6 heteroatoms. The third-order valence-electron chi connectivity index (χ3n) is 3.67. The fourth-order valence-electron chi connectivity index (χ4n) is 2.44. The highest BCUT2D eigenvalue weighted by Gasteiger charge is 2.15. The normalized spacial score (nSPS) is 11.8. The second kappa shape index (κ2) is 8.66. The molecule has 0 aliphatic rings. The molecule has 0 radical (unpaired) electrons. The van der Waals surface area contributed by atoms with Crippen molar-refractivity contribution in [2.75, 3.05) is 20.7 Å². The lowest BCUT2D eigenvalue weighted by Crippen LogP contribution is -3.09. The van der Waals surface area contributed by atoms with Crippen molar-refractivity contribution >= 4 is 17.5 Å². The number of halogens is 2. The van der Waals surface area contributed by atoms with E-state index < -0.39 is 0 Å². The summed E-state index contributed by atoms with van der Waals surface area (Å²) in [5.74, 6) is 0.263. The van der Waals surface area contributed by atoms with Crippen molar-refractivity contribution in [1.82, 2.24) is 5.32 Å². The molecule has 1 atom stereocenters. The van der Waals surface area contributed by atoms with E-state index in [1.54, 1.807) is 19.2 Å². The Labute approximate surface area is 146 Å². The van der Waals surface area contributed by atoms with Crippen LogP contribution in [0.2, 0.25) is 5.02 Å². The number of carbonyl (C=O) groups is 1. The maximum absolute atomic E-state index is 13.8. The van der Waals surface area contributed by atoms with Gasteiger partial charge in [0.2, 0.25) is 0 Å². The number of ether oxygens (including phenoxy) is 1. The molecule has 0 fully saturated rings. The molecule has 0 heterocycles. The van der Waals surface area contributed by atoms with E-state index >= 15 is 0 Å². The van der Waals surface area contributed by atoms with E-state index in [4.69, 9.17) is 16.3 Å². The number of amides is 1. The van der Waals surface area contributed by atoms with Crippen LogP contribution in [0.3, 0.4) is 0 Å². The van der Waals surface area contributed by atoms with Gasteiger partial charge in [-0.25, -0.2) is 4.39 Å². The van der Waals surface area contributed by atoms with E-state index in [0.29, 0.717) is 23.7 Å². The summed E-state index contributed by atoms with van der Waals surface area (Å²) < 4.78 is 19.0. The summed E-state index contributed by atoms with van der Waals surface area (Å²) in [6.07, 6.45) is 0. The summed E-state index contributed by atoms with van der Waals surface area (Å²) in [6, 6.07) is 12.1. The molecule has 0 aliphatic heterocycles. The highest BCUT2D eigenvalue weighted by molar-refractivity contribution is 6.31. The van der Waals surface area contributed by atoms with Crippen LogP contribution in [0.1, 0.15) is 11.1 Å².